The number of carbonyl (C=O) groups is 1. The molecule has 1 aromatic carbocycles. The summed E-state index contributed by atoms with van der Waals surface area (Å²) in [7, 11) is 2.17. The summed E-state index contributed by atoms with van der Waals surface area (Å²) in [5.41, 5.74) is 1.97. The molecule has 0 saturated carbocycles. The molecular formula is C21H32N2O. The molecule has 1 aliphatic rings. The average Bonchev–Trinajstić information content (AvgIpc) is 2.56. The maximum atomic E-state index is 12.9. The van der Waals surface area contributed by atoms with E-state index in [1.54, 1.807) is 0 Å². The normalized spacial score (nSPS) is 17.9. The van der Waals surface area contributed by atoms with Crippen molar-refractivity contribution in [1.29, 1.82) is 0 Å². The standard InChI is InChI=1S/C21H32N2O/c1-21(2,3)12-10-19(20(24)18-8-6-5-7-9-18)11-13-23-16-14-22(4)15-17-23/h5-10H,11-17H2,1-4H3/b19-10+. The van der Waals surface area contributed by atoms with E-state index in [0.717, 1.165) is 56.7 Å². The van der Waals surface area contributed by atoms with E-state index in [1.165, 1.54) is 0 Å². The van der Waals surface area contributed by atoms with Crippen LogP contribution in [0.5, 0.6) is 0 Å². The smallest absolute Gasteiger partial charge is 0.188 e. The highest BCUT2D eigenvalue weighted by Crippen LogP contribution is 2.22. The van der Waals surface area contributed by atoms with Gasteiger partial charge in [-0.05, 0) is 30.9 Å². The number of hydrogen-bond acceptors (Lipinski definition) is 3. The SMILES string of the molecule is CN1CCN(CC/C(=C\CC(C)(C)C)C(=O)c2ccccc2)CC1. The highest BCUT2D eigenvalue weighted by atomic mass is 16.1. The summed E-state index contributed by atoms with van der Waals surface area (Å²) in [4.78, 5) is 17.7. The fourth-order valence-corrected chi connectivity index (χ4v) is 2.86. The van der Waals surface area contributed by atoms with Crippen LogP contribution in [0.2, 0.25) is 0 Å². The van der Waals surface area contributed by atoms with Gasteiger partial charge in [-0.25, -0.2) is 0 Å². The highest BCUT2D eigenvalue weighted by molar-refractivity contribution is 6.08. The lowest BCUT2D eigenvalue weighted by molar-refractivity contribution is 0.102. The molecule has 24 heavy (non-hydrogen) atoms. The van der Waals surface area contributed by atoms with Gasteiger partial charge in [0, 0.05) is 38.3 Å². The number of piperazine rings is 1. The molecule has 1 fully saturated rings. The van der Waals surface area contributed by atoms with Gasteiger partial charge in [-0.3, -0.25) is 4.79 Å². The Balaban J connectivity index is 2.04. The minimum atomic E-state index is 0.189. The van der Waals surface area contributed by atoms with Gasteiger partial charge in [-0.2, -0.15) is 0 Å². The maximum absolute atomic E-state index is 12.9. The van der Waals surface area contributed by atoms with Crippen LogP contribution in [0.15, 0.2) is 42.0 Å². The number of Topliss-reactive ketones (excluding diaryl/α,β-unsaturated/α-hetero) is 1. The van der Waals surface area contributed by atoms with Crippen LogP contribution >= 0.6 is 0 Å². The Hall–Kier alpha value is -1.45. The number of carbonyl (C=O) groups excluding carboxylic acids is 1. The molecule has 0 atom stereocenters. The molecule has 0 N–H and O–H groups in total. The van der Waals surface area contributed by atoms with Gasteiger partial charge in [0.25, 0.3) is 0 Å². The Morgan fingerprint density at radius 2 is 1.71 bits per heavy atom. The molecule has 2 rings (SSSR count). The van der Waals surface area contributed by atoms with Crippen molar-refractivity contribution in [3.8, 4) is 0 Å². The van der Waals surface area contributed by atoms with E-state index in [4.69, 9.17) is 0 Å². The minimum Gasteiger partial charge on any atom is -0.304 e. The predicted octanol–water partition coefficient (Wildman–Crippen LogP) is 3.87. The van der Waals surface area contributed by atoms with Gasteiger partial charge in [-0.15, -0.1) is 0 Å². The summed E-state index contributed by atoms with van der Waals surface area (Å²) in [5.74, 6) is 0.189. The van der Waals surface area contributed by atoms with Crippen LogP contribution in [0, 0.1) is 5.41 Å². The van der Waals surface area contributed by atoms with E-state index < -0.39 is 0 Å². The molecule has 0 radical (unpaired) electrons. The lowest BCUT2D eigenvalue weighted by Crippen LogP contribution is -2.44. The highest BCUT2D eigenvalue weighted by Gasteiger charge is 2.18. The maximum Gasteiger partial charge on any atom is 0.188 e. The van der Waals surface area contributed by atoms with Crippen molar-refractivity contribution >= 4 is 5.78 Å². The molecule has 3 heteroatoms. The number of benzene rings is 1. The fourth-order valence-electron chi connectivity index (χ4n) is 2.86. The van der Waals surface area contributed by atoms with E-state index in [-0.39, 0.29) is 11.2 Å². The molecule has 1 heterocycles. The third kappa shape index (κ3) is 6.21. The average molecular weight is 329 g/mol. The summed E-state index contributed by atoms with van der Waals surface area (Å²) in [6, 6.07) is 9.68. The quantitative estimate of drug-likeness (QED) is 0.585. The lowest BCUT2D eigenvalue weighted by Gasteiger charge is -2.32. The van der Waals surface area contributed by atoms with E-state index in [0.29, 0.717) is 0 Å². The second kappa shape index (κ2) is 8.59. The van der Waals surface area contributed by atoms with Crippen LogP contribution < -0.4 is 0 Å². The molecule has 0 amide bonds. The number of likely N-dealkylation sites (N-methyl/N-ethyl adjacent to an activating group) is 1. The molecule has 1 saturated heterocycles. The van der Waals surface area contributed by atoms with Crippen molar-refractivity contribution < 1.29 is 4.79 Å². The zero-order valence-corrected chi connectivity index (χ0v) is 15.7. The van der Waals surface area contributed by atoms with Crippen LogP contribution in [0.4, 0.5) is 0 Å². The Morgan fingerprint density at radius 3 is 2.29 bits per heavy atom. The molecule has 0 unspecified atom stereocenters. The van der Waals surface area contributed by atoms with Crippen molar-refractivity contribution in [2.24, 2.45) is 5.41 Å². The third-order valence-corrected chi connectivity index (χ3v) is 4.58. The first-order chi connectivity index (χ1) is 11.3. The monoisotopic (exact) mass is 328 g/mol. The van der Waals surface area contributed by atoms with E-state index in [1.807, 2.05) is 30.3 Å². The van der Waals surface area contributed by atoms with E-state index in [2.05, 4.69) is 43.7 Å². The summed E-state index contributed by atoms with van der Waals surface area (Å²) < 4.78 is 0. The minimum absolute atomic E-state index is 0.189. The van der Waals surface area contributed by atoms with Gasteiger partial charge in [0.05, 0.1) is 0 Å². The largest absolute Gasteiger partial charge is 0.304 e. The van der Waals surface area contributed by atoms with Crippen molar-refractivity contribution in [2.75, 3.05) is 39.8 Å². The summed E-state index contributed by atoms with van der Waals surface area (Å²) >= 11 is 0. The predicted molar refractivity (Wildman–Crippen MR) is 101 cm³/mol. The lowest BCUT2D eigenvalue weighted by atomic mass is 9.89. The number of hydrogen-bond donors (Lipinski definition) is 0. The third-order valence-electron chi connectivity index (χ3n) is 4.58. The zero-order chi connectivity index (χ0) is 17.6. The number of rotatable bonds is 6. The van der Waals surface area contributed by atoms with Gasteiger partial charge in [0.1, 0.15) is 0 Å². The van der Waals surface area contributed by atoms with Crippen molar-refractivity contribution in [1.82, 2.24) is 9.80 Å². The van der Waals surface area contributed by atoms with Crippen LogP contribution in [0.25, 0.3) is 0 Å². The van der Waals surface area contributed by atoms with Crippen molar-refractivity contribution in [3.05, 3.63) is 47.5 Å². The van der Waals surface area contributed by atoms with E-state index in [9.17, 15) is 4.79 Å². The summed E-state index contributed by atoms with van der Waals surface area (Å²) in [5, 5.41) is 0. The van der Waals surface area contributed by atoms with Crippen LogP contribution in [0.1, 0.15) is 44.0 Å². The molecular weight excluding hydrogens is 296 g/mol. The summed E-state index contributed by atoms with van der Waals surface area (Å²) in [6.45, 7) is 12.1. The molecule has 3 nitrogen and oxygen atoms in total. The number of nitrogens with zero attached hydrogens (tertiary/aromatic N) is 2. The molecule has 0 aromatic heterocycles. The van der Waals surface area contributed by atoms with Crippen LogP contribution in [0.3, 0.4) is 0 Å². The Bertz CT molecular complexity index is 549. The molecule has 1 aromatic rings. The molecule has 0 aliphatic carbocycles. The fraction of sp³-hybridized carbons (Fsp3) is 0.571. The summed E-state index contributed by atoms with van der Waals surface area (Å²) in [6.07, 6.45) is 3.95. The molecule has 132 valence electrons. The number of ketones is 1. The Labute approximate surface area is 147 Å². The van der Waals surface area contributed by atoms with E-state index >= 15 is 0 Å². The molecule has 0 spiro atoms. The molecule has 1 aliphatic heterocycles. The van der Waals surface area contributed by atoms with Crippen LogP contribution in [-0.2, 0) is 0 Å². The second-order valence-corrected chi connectivity index (χ2v) is 8.08. The first kappa shape index (κ1) is 18.9. The van der Waals surface area contributed by atoms with Crippen molar-refractivity contribution in [2.45, 2.75) is 33.6 Å². The zero-order valence-electron chi connectivity index (χ0n) is 15.7. The topological polar surface area (TPSA) is 23.6 Å². The van der Waals surface area contributed by atoms with Crippen LogP contribution in [-0.4, -0.2) is 55.4 Å². The van der Waals surface area contributed by atoms with Gasteiger partial charge in [-0.1, -0.05) is 57.2 Å². The first-order valence-electron chi connectivity index (χ1n) is 9.05. The second-order valence-electron chi connectivity index (χ2n) is 8.08. The van der Waals surface area contributed by atoms with Crippen molar-refractivity contribution in [3.63, 3.8) is 0 Å². The Kier molecular flexibility index (Phi) is 6.76. The van der Waals surface area contributed by atoms with Gasteiger partial charge < -0.3 is 9.80 Å². The molecule has 0 bridgehead atoms. The van der Waals surface area contributed by atoms with Gasteiger partial charge in [0.2, 0.25) is 0 Å². The van der Waals surface area contributed by atoms with Gasteiger partial charge in [0.15, 0.2) is 5.78 Å². The van der Waals surface area contributed by atoms with Gasteiger partial charge >= 0.3 is 0 Å². The first-order valence-corrected chi connectivity index (χ1v) is 9.05. The number of allylic oxidation sites excluding steroid dienone is 1. The Morgan fingerprint density at radius 1 is 1.08 bits per heavy atom.